The van der Waals surface area contributed by atoms with Crippen molar-refractivity contribution in [2.75, 3.05) is 40.0 Å². The maximum absolute atomic E-state index is 11.9. The lowest BCUT2D eigenvalue weighted by Gasteiger charge is -2.33. The summed E-state index contributed by atoms with van der Waals surface area (Å²) in [6, 6.07) is 0. The fraction of sp³-hybridized carbons (Fsp3) is 0.929. The Kier molecular flexibility index (Phi) is 7.26. The maximum atomic E-state index is 11.9. The quantitative estimate of drug-likeness (QED) is 0.596. The molecule has 0 saturated carbocycles. The van der Waals surface area contributed by atoms with E-state index in [0.717, 1.165) is 32.5 Å². The van der Waals surface area contributed by atoms with Crippen molar-refractivity contribution in [3.8, 4) is 0 Å². The Hall–Kier alpha value is -0.850. The van der Waals surface area contributed by atoms with Gasteiger partial charge in [-0.25, -0.2) is 10.3 Å². The van der Waals surface area contributed by atoms with Crippen molar-refractivity contribution in [2.45, 2.75) is 39.2 Å². The lowest BCUT2D eigenvalue weighted by molar-refractivity contribution is -0.00693. The van der Waals surface area contributed by atoms with Crippen molar-refractivity contribution < 1.29 is 19.1 Å². The number of nitrogens with one attached hydrogen (secondary N) is 1. The summed E-state index contributed by atoms with van der Waals surface area (Å²) in [6.07, 6.45) is 1.74. The number of nitrogens with zero attached hydrogens (tertiary/aromatic N) is 1. The van der Waals surface area contributed by atoms with Gasteiger partial charge in [0.05, 0.1) is 13.2 Å². The molecule has 1 saturated heterocycles. The number of likely N-dealkylation sites (tertiary alicyclic amines) is 1. The average Bonchev–Trinajstić information content (AvgIpc) is 2.37. The Labute approximate surface area is 121 Å². The summed E-state index contributed by atoms with van der Waals surface area (Å²) in [7, 11) is 1.65. The fourth-order valence-corrected chi connectivity index (χ4v) is 2.02. The normalized spacial score (nSPS) is 17.3. The van der Waals surface area contributed by atoms with E-state index in [1.807, 2.05) is 20.8 Å². The van der Waals surface area contributed by atoms with E-state index in [-0.39, 0.29) is 6.09 Å². The molecule has 0 aliphatic carbocycles. The van der Waals surface area contributed by atoms with Crippen LogP contribution in [0.2, 0.25) is 0 Å². The summed E-state index contributed by atoms with van der Waals surface area (Å²) < 4.78 is 10.3. The lowest BCUT2D eigenvalue weighted by atomic mass is 9.97. The van der Waals surface area contributed by atoms with E-state index >= 15 is 0 Å². The molecule has 0 spiro atoms. The van der Waals surface area contributed by atoms with Gasteiger partial charge in [-0.2, -0.15) is 0 Å². The highest BCUT2D eigenvalue weighted by Gasteiger charge is 2.26. The molecule has 0 aromatic carbocycles. The minimum Gasteiger partial charge on any atom is -0.444 e. The Morgan fingerprint density at radius 1 is 1.25 bits per heavy atom. The largest absolute Gasteiger partial charge is 0.444 e. The molecule has 0 atom stereocenters. The molecule has 118 valence electrons. The molecule has 0 unspecified atom stereocenters. The van der Waals surface area contributed by atoms with E-state index in [1.54, 1.807) is 12.0 Å². The molecular formula is C14H28N2O4. The zero-order valence-corrected chi connectivity index (χ0v) is 13.1. The summed E-state index contributed by atoms with van der Waals surface area (Å²) in [5.41, 5.74) is 2.53. The highest BCUT2D eigenvalue weighted by Crippen LogP contribution is 2.19. The van der Waals surface area contributed by atoms with Crippen LogP contribution in [0.4, 0.5) is 4.79 Å². The van der Waals surface area contributed by atoms with E-state index in [2.05, 4.69) is 5.48 Å². The first-order chi connectivity index (χ1) is 9.42. The number of ether oxygens (including phenoxy) is 2. The number of methoxy groups -OCH3 is 1. The van der Waals surface area contributed by atoms with Crippen LogP contribution in [0.3, 0.4) is 0 Å². The first-order valence-electron chi connectivity index (χ1n) is 7.24. The van der Waals surface area contributed by atoms with Crippen molar-refractivity contribution in [1.82, 2.24) is 10.4 Å². The van der Waals surface area contributed by atoms with Gasteiger partial charge in [0.15, 0.2) is 0 Å². The van der Waals surface area contributed by atoms with Crippen LogP contribution in [0, 0.1) is 5.92 Å². The molecule has 1 aliphatic rings. The van der Waals surface area contributed by atoms with E-state index in [4.69, 9.17) is 14.3 Å². The third-order valence-corrected chi connectivity index (χ3v) is 3.13. The van der Waals surface area contributed by atoms with Crippen LogP contribution < -0.4 is 5.48 Å². The molecule has 1 heterocycles. The Balaban J connectivity index is 2.15. The average molecular weight is 288 g/mol. The summed E-state index contributed by atoms with van der Waals surface area (Å²) >= 11 is 0. The highest BCUT2D eigenvalue weighted by atomic mass is 16.7. The predicted octanol–water partition coefficient (Wildman–Crippen LogP) is 1.80. The number of piperidine rings is 1. The second-order valence-corrected chi connectivity index (χ2v) is 6.10. The Bertz CT molecular complexity index is 283. The number of rotatable bonds is 6. The van der Waals surface area contributed by atoms with Gasteiger partial charge in [-0.3, -0.25) is 4.84 Å². The molecule has 0 radical (unpaired) electrons. The van der Waals surface area contributed by atoms with Gasteiger partial charge < -0.3 is 14.4 Å². The minimum atomic E-state index is -0.426. The Morgan fingerprint density at radius 3 is 2.45 bits per heavy atom. The number of carbonyl (C=O) groups is 1. The van der Waals surface area contributed by atoms with Crippen LogP contribution in [0.5, 0.6) is 0 Å². The van der Waals surface area contributed by atoms with Gasteiger partial charge in [-0.1, -0.05) is 0 Å². The number of hydrogen-bond acceptors (Lipinski definition) is 5. The van der Waals surface area contributed by atoms with Crippen molar-refractivity contribution in [1.29, 1.82) is 0 Å². The number of amides is 1. The smallest absolute Gasteiger partial charge is 0.410 e. The zero-order valence-electron chi connectivity index (χ0n) is 13.1. The van der Waals surface area contributed by atoms with Crippen LogP contribution in [-0.4, -0.2) is 56.6 Å². The third kappa shape index (κ3) is 7.07. The molecule has 0 aromatic rings. The summed E-state index contributed by atoms with van der Waals surface area (Å²) in [4.78, 5) is 18.9. The first-order valence-corrected chi connectivity index (χ1v) is 7.24. The fourth-order valence-electron chi connectivity index (χ4n) is 2.02. The Morgan fingerprint density at radius 2 is 1.90 bits per heavy atom. The molecule has 1 N–H and O–H groups in total. The van der Waals surface area contributed by atoms with Crippen molar-refractivity contribution in [3.63, 3.8) is 0 Å². The van der Waals surface area contributed by atoms with Crippen LogP contribution in [0.1, 0.15) is 33.6 Å². The molecule has 20 heavy (non-hydrogen) atoms. The van der Waals surface area contributed by atoms with E-state index in [0.29, 0.717) is 19.1 Å². The maximum Gasteiger partial charge on any atom is 0.410 e. The highest BCUT2D eigenvalue weighted by molar-refractivity contribution is 5.68. The molecule has 1 aliphatic heterocycles. The summed E-state index contributed by atoms with van der Waals surface area (Å²) in [5, 5.41) is 0. The summed E-state index contributed by atoms with van der Waals surface area (Å²) in [6.45, 7) is 9.11. The molecule has 6 nitrogen and oxygen atoms in total. The molecule has 0 aromatic heterocycles. The molecule has 1 fully saturated rings. The monoisotopic (exact) mass is 288 g/mol. The van der Waals surface area contributed by atoms with Crippen molar-refractivity contribution >= 4 is 6.09 Å². The van der Waals surface area contributed by atoms with Crippen molar-refractivity contribution in [3.05, 3.63) is 0 Å². The topological polar surface area (TPSA) is 60.0 Å². The molecule has 1 amide bonds. The third-order valence-electron chi connectivity index (χ3n) is 3.13. The van der Waals surface area contributed by atoms with Crippen LogP contribution in [0.25, 0.3) is 0 Å². The first kappa shape index (κ1) is 17.2. The molecule has 6 heteroatoms. The van der Waals surface area contributed by atoms with Gasteiger partial charge in [0.1, 0.15) is 5.60 Å². The van der Waals surface area contributed by atoms with Crippen molar-refractivity contribution in [2.24, 2.45) is 5.92 Å². The number of hydrogen-bond donors (Lipinski definition) is 1. The van der Waals surface area contributed by atoms with Gasteiger partial charge in [0.25, 0.3) is 0 Å². The molecular weight excluding hydrogens is 260 g/mol. The summed E-state index contributed by atoms with van der Waals surface area (Å²) in [5.74, 6) is 0.538. The lowest BCUT2D eigenvalue weighted by Crippen LogP contribution is -2.43. The number of carbonyl (C=O) groups excluding carboxylic acids is 1. The predicted molar refractivity (Wildman–Crippen MR) is 76.4 cm³/mol. The van der Waals surface area contributed by atoms with Gasteiger partial charge >= 0.3 is 6.09 Å². The zero-order chi connectivity index (χ0) is 15.0. The van der Waals surface area contributed by atoms with Gasteiger partial charge in [-0.15, -0.1) is 0 Å². The SMILES string of the molecule is COCCONCC1CCN(C(=O)OC(C)(C)C)CC1. The van der Waals surface area contributed by atoms with E-state index < -0.39 is 5.60 Å². The van der Waals surface area contributed by atoms with Gasteiger partial charge in [0, 0.05) is 26.7 Å². The standard InChI is InChI=1S/C14H28N2O4/c1-14(2,3)20-13(17)16-7-5-12(6-8-16)11-15-19-10-9-18-4/h12,15H,5-11H2,1-4H3. The van der Waals surface area contributed by atoms with Gasteiger partial charge in [-0.05, 0) is 39.5 Å². The second-order valence-electron chi connectivity index (χ2n) is 6.10. The second kappa shape index (κ2) is 8.44. The van der Waals surface area contributed by atoms with E-state index in [1.165, 1.54) is 0 Å². The molecule has 0 bridgehead atoms. The minimum absolute atomic E-state index is 0.208. The molecule has 1 rings (SSSR count). The van der Waals surface area contributed by atoms with Crippen LogP contribution >= 0.6 is 0 Å². The van der Waals surface area contributed by atoms with E-state index in [9.17, 15) is 4.79 Å². The van der Waals surface area contributed by atoms with Crippen LogP contribution in [0.15, 0.2) is 0 Å². The van der Waals surface area contributed by atoms with Crippen LogP contribution in [-0.2, 0) is 14.3 Å². The van der Waals surface area contributed by atoms with Gasteiger partial charge in [0.2, 0.25) is 0 Å². The number of hydroxylamine groups is 1.